The smallest absolute Gasteiger partial charge is 0.0684 e. The molecule has 0 amide bonds. The number of ether oxygens (including phenoxy) is 1. The SMILES string of the molecule is CCC(NC1C2CCCOC2C1(C)C)c1cccc(Cl)c1. The van der Waals surface area contributed by atoms with Crippen molar-refractivity contribution in [2.75, 3.05) is 6.61 Å². The summed E-state index contributed by atoms with van der Waals surface area (Å²) in [5.74, 6) is 0.669. The van der Waals surface area contributed by atoms with Gasteiger partial charge in [-0.2, -0.15) is 0 Å². The first-order valence-corrected chi connectivity index (χ1v) is 8.55. The number of rotatable bonds is 4. The van der Waals surface area contributed by atoms with Crippen LogP contribution in [0.1, 0.15) is 51.6 Å². The lowest BCUT2D eigenvalue weighted by Crippen LogP contribution is -2.69. The van der Waals surface area contributed by atoms with E-state index >= 15 is 0 Å². The van der Waals surface area contributed by atoms with Crippen LogP contribution in [-0.2, 0) is 4.74 Å². The van der Waals surface area contributed by atoms with Crippen LogP contribution in [0.2, 0.25) is 5.02 Å². The maximum atomic E-state index is 6.15. The lowest BCUT2D eigenvalue weighted by molar-refractivity contribution is -0.194. The molecule has 0 aromatic heterocycles. The zero-order valence-electron chi connectivity index (χ0n) is 13.2. The summed E-state index contributed by atoms with van der Waals surface area (Å²) in [6.45, 7) is 7.84. The van der Waals surface area contributed by atoms with Crippen molar-refractivity contribution in [2.45, 2.75) is 58.2 Å². The van der Waals surface area contributed by atoms with Crippen LogP contribution < -0.4 is 5.32 Å². The van der Waals surface area contributed by atoms with Crippen molar-refractivity contribution >= 4 is 11.6 Å². The summed E-state index contributed by atoms with van der Waals surface area (Å²) in [5.41, 5.74) is 1.51. The van der Waals surface area contributed by atoms with Gasteiger partial charge in [0.15, 0.2) is 0 Å². The molecule has 2 aliphatic rings. The van der Waals surface area contributed by atoms with Crippen molar-refractivity contribution in [2.24, 2.45) is 11.3 Å². The Bertz CT molecular complexity index is 502. The Labute approximate surface area is 133 Å². The minimum atomic E-state index is 0.219. The number of halogens is 1. The molecule has 1 saturated carbocycles. The quantitative estimate of drug-likeness (QED) is 0.879. The molecule has 0 radical (unpaired) electrons. The minimum absolute atomic E-state index is 0.219. The molecule has 3 rings (SSSR count). The molecule has 1 N–H and O–H groups in total. The van der Waals surface area contributed by atoms with Crippen molar-refractivity contribution in [3.8, 4) is 0 Å². The average Bonchev–Trinajstić information content (AvgIpc) is 2.48. The molecule has 2 nitrogen and oxygen atoms in total. The van der Waals surface area contributed by atoms with E-state index in [4.69, 9.17) is 16.3 Å². The highest BCUT2D eigenvalue weighted by Crippen LogP contribution is 2.52. The number of nitrogens with one attached hydrogen (secondary N) is 1. The summed E-state index contributed by atoms with van der Waals surface area (Å²) in [5, 5.41) is 4.72. The molecule has 116 valence electrons. The Hall–Kier alpha value is -0.570. The summed E-state index contributed by atoms with van der Waals surface area (Å²) in [6, 6.07) is 9.15. The van der Waals surface area contributed by atoms with Gasteiger partial charge in [0.05, 0.1) is 6.10 Å². The van der Waals surface area contributed by atoms with E-state index in [1.54, 1.807) is 0 Å². The van der Waals surface area contributed by atoms with Gasteiger partial charge >= 0.3 is 0 Å². The predicted octanol–water partition coefficient (Wildman–Crippen LogP) is 4.58. The Balaban J connectivity index is 1.75. The van der Waals surface area contributed by atoms with E-state index in [1.165, 1.54) is 18.4 Å². The van der Waals surface area contributed by atoms with Crippen molar-refractivity contribution in [1.29, 1.82) is 0 Å². The number of fused-ring (bicyclic) bond motifs is 1. The standard InChI is InChI=1S/C18H26ClNO/c1-4-15(12-7-5-8-13(19)11-12)20-16-14-9-6-10-21-17(14)18(16,2)3/h5,7-8,11,14-17,20H,4,6,9-10H2,1-3H3. The van der Waals surface area contributed by atoms with Gasteiger partial charge in [-0.05, 0) is 37.0 Å². The molecule has 4 unspecified atom stereocenters. The van der Waals surface area contributed by atoms with Crippen LogP contribution >= 0.6 is 11.6 Å². The summed E-state index contributed by atoms with van der Waals surface area (Å²) in [6.07, 6.45) is 3.99. The van der Waals surface area contributed by atoms with E-state index in [1.807, 2.05) is 12.1 Å². The largest absolute Gasteiger partial charge is 0.377 e. The van der Waals surface area contributed by atoms with Crippen molar-refractivity contribution in [1.82, 2.24) is 5.32 Å². The third kappa shape index (κ3) is 2.74. The number of hydrogen-bond acceptors (Lipinski definition) is 2. The molecule has 1 aromatic carbocycles. The van der Waals surface area contributed by atoms with E-state index in [0.29, 0.717) is 24.1 Å². The first-order chi connectivity index (χ1) is 10.0. The Morgan fingerprint density at radius 2 is 2.24 bits per heavy atom. The highest BCUT2D eigenvalue weighted by atomic mass is 35.5. The van der Waals surface area contributed by atoms with Crippen LogP contribution in [0.5, 0.6) is 0 Å². The third-order valence-electron chi connectivity index (χ3n) is 5.37. The van der Waals surface area contributed by atoms with Gasteiger partial charge in [-0.1, -0.05) is 44.5 Å². The first kappa shape index (κ1) is 15.3. The van der Waals surface area contributed by atoms with Gasteiger partial charge < -0.3 is 10.1 Å². The van der Waals surface area contributed by atoms with E-state index < -0.39 is 0 Å². The van der Waals surface area contributed by atoms with E-state index in [0.717, 1.165) is 18.1 Å². The van der Waals surface area contributed by atoms with Gasteiger partial charge in [-0.25, -0.2) is 0 Å². The van der Waals surface area contributed by atoms with Crippen LogP contribution in [0, 0.1) is 11.3 Å². The van der Waals surface area contributed by atoms with Gasteiger partial charge in [0.1, 0.15) is 0 Å². The second-order valence-electron chi connectivity index (χ2n) is 7.08. The number of benzene rings is 1. The van der Waals surface area contributed by atoms with Crippen LogP contribution in [0.3, 0.4) is 0 Å². The molecule has 3 heteroatoms. The Kier molecular flexibility index (Phi) is 4.31. The monoisotopic (exact) mass is 307 g/mol. The van der Waals surface area contributed by atoms with Gasteiger partial charge in [0.2, 0.25) is 0 Å². The molecule has 1 aliphatic heterocycles. The molecule has 1 heterocycles. The Morgan fingerprint density at radius 3 is 2.95 bits per heavy atom. The first-order valence-electron chi connectivity index (χ1n) is 8.17. The maximum absolute atomic E-state index is 6.15. The Morgan fingerprint density at radius 1 is 1.43 bits per heavy atom. The fourth-order valence-corrected chi connectivity index (χ4v) is 4.45. The summed E-state index contributed by atoms with van der Waals surface area (Å²) in [4.78, 5) is 0. The zero-order valence-corrected chi connectivity index (χ0v) is 14.0. The molecule has 0 bridgehead atoms. The van der Waals surface area contributed by atoms with Gasteiger partial charge in [-0.3, -0.25) is 0 Å². The summed E-state index contributed by atoms with van der Waals surface area (Å²) < 4.78 is 6.00. The second-order valence-corrected chi connectivity index (χ2v) is 7.52. The second kappa shape index (κ2) is 5.91. The fraction of sp³-hybridized carbons (Fsp3) is 0.667. The van der Waals surface area contributed by atoms with Crippen LogP contribution in [-0.4, -0.2) is 18.8 Å². The van der Waals surface area contributed by atoms with Gasteiger partial charge in [0, 0.05) is 35.0 Å². The average molecular weight is 308 g/mol. The van der Waals surface area contributed by atoms with Gasteiger partial charge in [0.25, 0.3) is 0 Å². The highest BCUT2D eigenvalue weighted by Gasteiger charge is 2.57. The molecule has 1 saturated heterocycles. The van der Waals surface area contributed by atoms with E-state index in [9.17, 15) is 0 Å². The number of hydrogen-bond donors (Lipinski definition) is 1. The third-order valence-corrected chi connectivity index (χ3v) is 5.61. The zero-order chi connectivity index (χ0) is 15.0. The molecule has 4 atom stereocenters. The predicted molar refractivity (Wildman–Crippen MR) is 87.7 cm³/mol. The fourth-order valence-electron chi connectivity index (χ4n) is 4.25. The maximum Gasteiger partial charge on any atom is 0.0684 e. The van der Waals surface area contributed by atoms with Crippen LogP contribution in [0.25, 0.3) is 0 Å². The van der Waals surface area contributed by atoms with Gasteiger partial charge in [-0.15, -0.1) is 0 Å². The molecule has 2 fully saturated rings. The lowest BCUT2D eigenvalue weighted by atomic mass is 9.55. The highest BCUT2D eigenvalue weighted by molar-refractivity contribution is 6.30. The molecule has 1 aliphatic carbocycles. The summed E-state index contributed by atoms with van der Waals surface area (Å²) >= 11 is 6.15. The molecular formula is C18H26ClNO. The summed E-state index contributed by atoms with van der Waals surface area (Å²) in [7, 11) is 0. The normalized spacial score (nSPS) is 32.1. The van der Waals surface area contributed by atoms with E-state index in [-0.39, 0.29) is 5.41 Å². The van der Waals surface area contributed by atoms with E-state index in [2.05, 4.69) is 38.2 Å². The lowest BCUT2D eigenvalue weighted by Gasteiger charge is -2.61. The molecular weight excluding hydrogens is 282 g/mol. The molecule has 1 aromatic rings. The molecule has 0 spiro atoms. The van der Waals surface area contributed by atoms with Crippen molar-refractivity contribution < 1.29 is 4.74 Å². The van der Waals surface area contributed by atoms with Crippen LogP contribution in [0.15, 0.2) is 24.3 Å². The van der Waals surface area contributed by atoms with Crippen LogP contribution in [0.4, 0.5) is 0 Å². The minimum Gasteiger partial charge on any atom is -0.377 e. The molecule has 21 heavy (non-hydrogen) atoms. The van der Waals surface area contributed by atoms with Crippen molar-refractivity contribution in [3.63, 3.8) is 0 Å². The van der Waals surface area contributed by atoms with Crippen molar-refractivity contribution in [3.05, 3.63) is 34.9 Å². The topological polar surface area (TPSA) is 21.3 Å².